The van der Waals surface area contributed by atoms with Crippen molar-refractivity contribution in [3.8, 4) is 0 Å². The number of aliphatic hydroxyl groups is 3. The fourth-order valence-electron chi connectivity index (χ4n) is 5.85. The van der Waals surface area contributed by atoms with Crippen LogP contribution >= 0.6 is 0 Å². The predicted octanol–water partition coefficient (Wildman–Crippen LogP) is 8.66. The Kier molecular flexibility index (Phi) is 33.0. The highest BCUT2D eigenvalue weighted by atomic mass is 32.2. The van der Waals surface area contributed by atoms with Gasteiger partial charge in [-0.25, -0.2) is 0 Å². The van der Waals surface area contributed by atoms with Crippen molar-refractivity contribution >= 4 is 22.1 Å². The van der Waals surface area contributed by atoms with Crippen LogP contribution in [0.2, 0.25) is 0 Å². The third-order valence-corrected chi connectivity index (χ3v) is 9.99. The molecule has 0 aromatic carbocycles. The summed E-state index contributed by atoms with van der Waals surface area (Å²) >= 11 is 0. The first-order chi connectivity index (χ1) is 29.0. The first-order valence-corrected chi connectivity index (χ1v) is 23.5. The summed E-state index contributed by atoms with van der Waals surface area (Å²) < 4.78 is 53.9. The lowest BCUT2D eigenvalue weighted by Crippen LogP contribution is -2.60. The minimum atomic E-state index is -4.62. The van der Waals surface area contributed by atoms with Crippen LogP contribution in [0.5, 0.6) is 0 Å². The molecule has 4 N–H and O–H groups in total. The van der Waals surface area contributed by atoms with E-state index >= 15 is 0 Å². The van der Waals surface area contributed by atoms with Crippen LogP contribution in [0.1, 0.15) is 129 Å². The average Bonchev–Trinajstić information content (AvgIpc) is 3.21. The molecular weight excluding hydrogens is 789 g/mol. The van der Waals surface area contributed by atoms with Crippen molar-refractivity contribution in [3.05, 3.63) is 97.2 Å². The van der Waals surface area contributed by atoms with E-state index in [1.165, 1.54) is 19.3 Å². The minimum absolute atomic E-state index is 0.0765. The number of rotatable bonds is 34. The van der Waals surface area contributed by atoms with E-state index in [2.05, 4.69) is 62.5 Å². The Balaban J connectivity index is 2.54. The SMILES string of the molecule is CC/C=C/C=C/C=C/C=C/CCCCCCCC(=O)OC[C@H](CO[C@H]1O[C@H](CS(=O)(=O)O)[C@@H](O)C(O)C1O)OC(=O)CCC/C=C/C/C=C/C/C=C/C/C=C/CCCCC. The average molecular weight is 863 g/mol. The molecule has 0 spiro atoms. The van der Waals surface area contributed by atoms with E-state index in [0.717, 1.165) is 64.2 Å². The Labute approximate surface area is 360 Å². The summed E-state index contributed by atoms with van der Waals surface area (Å²) in [4.78, 5) is 25.4. The number of aliphatic hydroxyl groups excluding tert-OH is 3. The van der Waals surface area contributed by atoms with E-state index < -0.39 is 71.2 Å². The first-order valence-electron chi connectivity index (χ1n) is 21.8. The second kappa shape index (κ2) is 36.2. The molecule has 13 heteroatoms. The summed E-state index contributed by atoms with van der Waals surface area (Å²) in [6.45, 7) is 3.50. The maximum atomic E-state index is 12.8. The maximum Gasteiger partial charge on any atom is 0.306 e. The largest absolute Gasteiger partial charge is 0.462 e. The monoisotopic (exact) mass is 862 g/mol. The van der Waals surface area contributed by atoms with Crippen molar-refractivity contribution in [2.75, 3.05) is 19.0 Å². The van der Waals surface area contributed by atoms with Crippen LogP contribution in [-0.4, -0.2) is 96.0 Å². The summed E-state index contributed by atoms with van der Waals surface area (Å²) in [5, 5.41) is 30.9. The smallest absolute Gasteiger partial charge is 0.306 e. The Bertz CT molecular complexity index is 1480. The molecule has 1 saturated heterocycles. The molecule has 1 heterocycles. The topological polar surface area (TPSA) is 186 Å². The lowest BCUT2D eigenvalue weighted by Gasteiger charge is -2.40. The lowest BCUT2D eigenvalue weighted by molar-refractivity contribution is -0.297. The van der Waals surface area contributed by atoms with Crippen LogP contribution in [0.3, 0.4) is 0 Å². The summed E-state index contributed by atoms with van der Waals surface area (Å²) in [7, 11) is -4.62. The highest BCUT2D eigenvalue weighted by Gasteiger charge is 2.46. The van der Waals surface area contributed by atoms with Gasteiger partial charge in [0.2, 0.25) is 0 Å². The number of hydrogen-bond acceptors (Lipinski definition) is 11. The van der Waals surface area contributed by atoms with E-state index in [1.54, 1.807) is 0 Å². The number of unbranched alkanes of at least 4 members (excludes halogenated alkanes) is 9. The Hall–Kier alpha value is -3.43. The van der Waals surface area contributed by atoms with Crippen LogP contribution in [0.25, 0.3) is 0 Å². The molecule has 1 aliphatic heterocycles. The summed E-state index contributed by atoms with van der Waals surface area (Å²) in [5.41, 5.74) is 0. The molecule has 2 unspecified atom stereocenters. The second-order valence-electron chi connectivity index (χ2n) is 14.7. The van der Waals surface area contributed by atoms with Gasteiger partial charge in [0.25, 0.3) is 10.1 Å². The van der Waals surface area contributed by atoms with Crippen LogP contribution in [0.15, 0.2) is 97.2 Å². The number of hydrogen-bond donors (Lipinski definition) is 4. The number of carbonyl (C=O) groups is 2. The minimum Gasteiger partial charge on any atom is -0.462 e. The van der Waals surface area contributed by atoms with Gasteiger partial charge in [-0.15, -0.1) is 0 Å². The molecule has 0 aromatic rings. The van der Waals surface area contributed by atoms with Crippen LogP contribution in [0, 0.1) is 0 Å². The van der Waals surface area contributed by atoms with Crippen molar-refractivity contribution in [3.63, 3.8) is 0 Å². The molecule has 12 nitrogen and oxygen atoms in total. The third-order valence-electron chi connectivity index (χ3n) is 9.24. The van der Waals surface area contributed by atoms with Gasteiger partial charge in [0.15, 0.2) is 12.4 Å². The molecule has 0 saturated carbocycles. The van der Waals surface area contributed by atoms with Gasteiger partial charge in [-0.1, -0.05) is 143 Å². The molecular formula is C47H74O12S. The molecule has 6 atom stereocenters. The Morgan fingerprint density at radius 1 is 0.600 bits per heavy atom. The van der Waals surface area contributed by atoms with Crippen LogP contribution in [0.4, 0.5) is 0 Å². The van der Waals surface area contributed by atoms with E-state index in [0.29, 0.717) is 19.3 Å². The Morgan fingerprint density at radius 2 is 1.13 bits per heavy atom. The van der Waals surface area contributed by atoms with Crippen molar-refractivity contribution in [1.29, 1.82) is 0 Å². The van der Waals surface area contributed by atoms with Crippen molar-refractivity contribution < 1.29 is 56.8 Å². The predicted molar refractivity (Wildman–Crippen MR) is 237 cm³/mol. The molecule has 1 rings (SSSR count). The number of carbonyl (C=O) groups excluding carboxylic acids is 2. The van der Waals surface area contributed by atoms with Gasteiger partial charge in [-0.3, -0.25) is 14.1 Å². The molecule has 60 heavy (non-hydrogen) atoms. The van der Waals surface area contributed by atoms with E-state index in [4.69, 9.17) is 18.9 Å². The summed E-state index contributed by atoms with van der Waals surface area (Å²) in [6, 6.07) is 0. The van der Waals surface area contributed by atoms with E-state index in [1.807, 2.05) is 48.6 Å². The highest BCUT2D eigenvalue weighted by molar-refractivity contribution is 7.85. The zero-order chi connectivity index (χ0) is 44.1. The van der Waals surface area contributed by atoms with Gasteiger partial charge in [0.05, 0.1) is 6.61 Å². The van der Waals surface area contributed by atoms with Gasteiger partial charge in [-0.05, 0) is 70.6 Å². The van der Waals surface area contributed by atoms with Crippen molar-refractivity contribution in [1.82, 2.24) is 0 Å². The van der Waals surface area contributed by atoms with Gasteiger partial charge in [0.1, 0.15) is 36.8 Å². The molecule has 0 aromatic heterocycles. The zero-order valence-corrected chi connectivity index (χ0v) is 36.8. The third kappa shape index (κ3) is 30.6. The van der Waals surface area contributed by atoms with Gasteiger partial charge >= 0.3 is 11.9 Å². The fourth-order valence-corrected chi connectivity index (χ4v) is 6.54. The second-order valence-corrected chi connectivity index (χ2v) is 16.2. The highest BCUT2D eigenvalue weighted by Crippen LogP contribution is 2.24. The lowest BCUT2D eigenvalue weighted by atomic mass is 10.00. The van der Waals surface area contributed by atoms with Gasteiger partial charge < -0.3 is 34.3 Å². The number of allylic oxidation sites excluding steroid dienone is 16. The summed E-state index contributed by atoms with van der Waals surface area (Å²) in [6.07, 6.45) is 38.8. The van der Waals surface area contributed by atoms with Crippen molar-refractivity contribution in [2.45, 2.75) is 166 Å². The standard InChI is InChI=1S/C47H74O12S/c1-3-5-7-9-11-13-15-17-19-20-22-24-26-28-30-32-34-36-43(49)58-40(38-57-47-46(52)45(51)44(50)41(59-47)39-60(53,54)55)37-56-42(48)35-33-31-29-27-25-23-21-18-16-14-12-10-8-6-4-2/h6,8,10-14,16-19,21-22,24,28,30,40-41,44-47,50-52H,3-5,7,9,15,20,23,25-27,29,31-39H2,1-2H3,(H,53,54,55)/b8-6+,12-10+,13-11+,16-14+,19-17+,21-18+,24-22+,30-28+/t40-,41-,44-,45?,46?,47+/m1/s1. The molecule has 0 aliphatic carbocycles. The molecule has 0 amide bonds. The molecule has 0 bridgehead atoms. The van der Waals surface area contributed by atoms with E-state index in [9.17, 15) is 37.9 Å². The number of ether oxygens (including phenoxy) is 4. The molecule has 1 fully saturated rings. The van der Waals surface area contributed by atoms with Gasteiger partial charge in [0, 0.05) is 12.8 Å². The number of esters is 2. The fraction of sp³-hybridized carbons (Fsp3) is 0.617. The molecule has 1 aliphatic rings. The van der Waals surface area contributed by atoms with Crippen LogP contribution < -0.4 is 0 Å². The van der Waals surface area contributed by atoms with Gasteiger partial charge in [-0.2, -0.15) is 8.42 Å². The van der Waals surface area contributed by atoms with Crippen molar-refractivity contribution in [2.24, 2.45) is 0 Å². The summed E-state index contributed by atoms with van der Waals surface area (Å²) in [5.74, 6) is -2.11. The zero-order valence-electron chi connectivity index (χ0n) is 36.0. The molecule has 0 radical (unpaired) electrons. The normalized spacial score (nSPS) is 21.1. The van der Waals surface area contributed by atoms with Crippen LogP contribution in [-0.2, 0) is 38.7 Å². The molecule has 340 valence electrons. The maximum absolute atomic E-state index is 12.8. The Morgan fingerprint density at radius 3 is 1.77 bits per heavy atom. The first kappa shape index (κ1) is 54.6. The van der Waals surface area contributed by atoms with E-state index in [-0.39, 0.29) is 19.4 Å². The quantitative estimate of drug-likeness (QED) is 0.0159.